The number of carbonyl (C=O) groups is 1. The molecule has 58 valence electrons. The summed E-state index contributed by atoms with van der Waals surface area (Å²) in [6.45, 7) is 7.22. The molecule has 0 amide bonds. The van der Waals surface area contributed by atoms with Crippen molar-refractivity contribution in [3.8, 4) is 0 Å². The van der Waals surface area contributed by atoms with Crippen LogP contribution in [0.5, 0.6) is 0 Å². The Morgan fingerprint density at radius 2 is 2.20 bits per heavy atom. The van der Waals surface area contributed by atoms with Gasteiger partial charge in [-0.25, -0.2) is 0 Å². The van der Waals surface area contributed by atoms with Crippen LogP contribution in [0.25, 0.3) is 0 Å². The van der Waals surface area contributed by atoms with Crippen LogP contribution in [0.2, 0.25) is 0 Å². The molecule has 0 aromatic rings. The highest BCUT2D eigenvalue weighted by Gasteiger charge is 2.14. The van der Waals surface area contributed by atoms with Gasteiger partial charge in [0.25, 0.3) is 0 Å². The summed E-state index contributed by atoms with van der Waals surface area (Å²) in [5.41, 5.74) is 5.51. The van der Waals surface area contributed by atoms with E-state index in [4.69, 9.17) is 5.73 Å². The van der Waals surface area contributed by atoms with Crippen molar-refractivity contribution >= 4 is 5.78 Å². The third-order valence-electron chi connectivity index (χ3n) is 1.36. The first kappa shape index (κ1) is 9.37. The van der Waals surface area contributed by atoms with Gasteiger partial charge in [-0.2, -0.15) is 0 Å². The Labute approximate surface area is 62.1 Å². The van der Waals surface area contributed by atoms with E-state index in [0.29, 0.717) is 6.42 Å². The molecule has 10 heavy (non-hydrogen) atoms. The zero-order chi connectivity index (χ0) is 8.15. The average molecular weight is 141 g/mol. The minimum atomic E-state index is -0.350. The van der Waals surface area contributed by atoms with Crippen LogP contribution in [0.15, 0.2) is 12.7 Å². The van der Waals surface area contributed by atoms with E-state index in [-0.39, 0.29) is 17.7 Å². The van der Waals surface area contributed by atoms with Crippen LogP contribution in [0.4, 0.5) is 0 Å². The van der Waals surface area contributed by atoms with Gasteiger partial charge >= 0.3 is 0 Å². The second kappa shape index (κ2) is 4.23. The Morgan fingerprint density at radius 3 is 2.50 bits per heavy atom. The van der Waals surface area contributed by atoms with Crippen molar-refractivity contribution < 1.29 is 4.79 Å². The van der Waals surface area contributed by atoms with Crippen LogP contribution in [0.3, 0.4) is 0 Å². The molecule has 0 saturated heterocycles. The Morgan fingerprint density at radius 1 is 1.70 bits per heavy atom. The van der Waals surface area contributed by atoms with Crippen LogP contribution in [-0.4, -0.2) is 11.8 Å². The summed E-state index contributed by atoms with van der Waals surface area (Å²) >= 11 is 0. The number of hydrogen-bond acceptors (Lipinski definition) is 2. The van der Waals surface area contributed by atoms with Gasteiger partial charge in [-0.15, -0.1) is 6.58 Å². The highest BCUT2D eigenvalue weighted by Crippen LogP contribution is 2.00. The molecule has 2 heteroatoms. The maximum atomic E-state index is 11.1. The van der Waals surface area contributed by atoms with Crippen molar-refractivity contribution in [2.75, 3.05) is 0 Å². The Bertz CT molecular complexity index is 129. The maximum Gasteiger partial charge on any atom is 0.152 e. The number of carbonyl (C=O) groups excluding carboxylic acids is 1. The third-order valence-corrected chi connectivity index (χ3v) is 1.36. The maximum absolute atomic E-state index is 11.1. The van der Waals surface area contributed by atoms with Crippen LogP contribution < -0.4 is 5.73 Å². The molecule has 0 bridgehead atoms. The third kappa shape index (κ3) is 2.78. The van der Waals surface area contributed by atoms with Crippen molar-refractivity contribution in [3.05, 3.63) is 12.7 Å². The number of Topliss-reactive ketones (excluding diaryl/α,β-unsaturated/α-hetero) is 1. The summed E-state index contributed by atoms with van der Waals surface area (Å²) in [5.74, 6) is 0.148. The van der Waals surface area contributed by atoms with Crippen molar-refractivity contribution in [1.29, 1.82) is 0 Å². The first-order valence-corrected chi connectivity index (χ1v) is 3.49. The predicted octanol–water partition coefficient (Wildman–Crippen LogP) is 1.11. The summed E-state index contributed by atoms with van der Waals surface area (Å²) in [4.78, 5) is 11.1. The molecule has 2 N–H and O–H groups in total. The quantitative estimate of drug-likeness (QED) is 0.596. The highest BCUT2D eigenvalue weighted by molar-refractivity contribution is 5.85. The van der Waals surface area contributed by atoms with Crippen LogP contribution in [0.1, 0.15) is 20.3 Å². The van der Waals surface area contributed by atoms with E-state index >= 15 is 0 Å². The molecule has 0 unspecified atom stereocenters. The summed E-state index contributed by atoms with van der Waals surface area (Å²) in [6, 6.07) is -0.350. The molecule has 0 fully saturated rings. The van der Waals surface area contributed by atoms with Gasteiger partial charge in [0.2, 0.25) is 0 Å². The normalized spacial score (nSPS) is 13.2. The lowest BCUT2D eigenvalue weighted by atomic mass is 10.0. The first-order chi connectivity index (χ1) is 4.59. The fourth-order valence-corrected chi connectivity index (χ4v) is 0.724. The molecule has 0 aliphatic carbocycles. The highest BCUT2D eigenvalue weighted by atomic mass is 16.1. The van der Waals surface area contributed by atoms with E-state index in [0.717, 1.165) is 0 Å². The molecule has 1 atom stereocenters. The number of hydrogen-bond donors (Lipinski definition) is 1. The minimum Gasteiger partial charge on any atom is -0.321 e. The van der Waals surface area contributed by atoms with Gasteiger partial charge in [0.15, 0.2) is 5.78 Å². The van der Waals surface area contributed by atoms with Gasteiger partial charge < -0.3 is 5.73 Å². The van der Waals surface area contributed by atoms with Gasteiger partial charge in [0.05, 0.1) is 6.04 Å². The molecule has 0 aromatic heterocycles. The zero-order valence-corrected chi connectivity index (χ0v) is 6.63. The van der Waals surface area contributed by atoms with E-state index in [1.54, 1.807) is 6.08 Å². The fraction of sp³-hybridized carbons (Fsp3) is 0.625. The lowest BCUT2D eigenvalue weighted by molar-refractivity contribution is -0.123. The average Bonchev–Trinajstić information content (AvgIpc) is 1.87. The second-order valence-corrected chi connectivity index (χ2v) is 2.69. The first-order valence-electron chi connectivity index (χ1n) is 3.49. The molecular formula is C8H15NO. The van der Waals surface area contributed by atoms with Gasteiger partial charge in [-0.3, -0.25) is 4.79 Å². The van der Waals surface area contributed by atoms with E-state index in [9.17, 15) is 4.79 Å². The number of ketones is 1. The molecule has 0 aliphatic heterocycles. The van der Waals surface area contributed by atoms with Crippen molar-refractivity contribution in [3.63, 3.8) is 0 Å². The molecule has 0 aliphatic rings. The largest absolute Gasteiger partial charge is 0.321 e. The Kier molecular flexibility index (Phi) is 3.96. The topological polar surface area (TPSA) is 43.1 Å². The van der Waals surface area contributed by atoms with Gasteiger partial charge in [-0.05, 0) is 6.42 Å². The summed E-state index contributed by atoms with van der Waals surface area (Å²) < 4.78 is 0. The molecule has 2 nitrogen and oxygen atoms in total. The van der Waals surface area contributed by atoms with E-state index in [2.05, 4.69) is 6.58 Å². The van der Waals surface area contributed by atoms with Crippen LogP contribution >= 0.6 is 0 Å². The monoisotopic (exact) mass is 141 g/mol. The van der Waals surface area contributed by atoms with E-state index in [1.165, 1.54) is 0 Å². The van der Waals surface area contributed by atoms with Crippen LogP contribution in [-0.2, 0) is 4.79 Å². The second-order valence-electron chi connectivity index (χ2n) is 2.69. The lowest BCUT2D eigenvalue weighted by Crippen LogP contribution is -2.32. The molecule has 0 rings (SSSR count). The van der Waals surface area contributed by atoms with Crippen LogP contribution in [0, 0.1) is 5.92 Å². The fourth-order valence-electron chi connectivity index (χ4n) is 0.724. The smallest absolute Gasteiger partial charge is 0.152 e. The van der Waals surface area contributed by atoms with Crippen molar-refractivity contribution in [1.82, 2.24) is 0 Å². The van der Waals surface area contributed by atoms with Crippen molar-refractivity contribution in [2.24, 2.45) is 11.7 Å². The molecule has 0 saturated carbocycles. The molecular weight excluding hydrogens is 126 g/mol. The van der Waals surface area contributed by atoms with Gasteiger partial charge in [0.1, 0.15) is 0 Å². The lowest BCUT2D eigenvalue weighted by Gasteiger charge is -2.09. The SMILES string of the molecule is C=CC[C@H](N)C(=O)C(C)C. The Hall–Kier alpha value is -0.630. The number of nitrogens with two attached hydrogens (primary N) is 1. The summed E-state index contributed by atoms with van der Waals surface area (Å²) in [7, 11) is 0. The summed E-state index contributed by atoms with van der Waals surface area (Å²) in [5, 5.41) is 0. The predicted molar refractivity (Wildman–Crippen MR) is 42.6 cm³/mol. The van der Waals surface area contributed by atoms with E-state index in [1.807, 2.05) is 13.8 Å². The molecule has 0 radical (unpaired) electrons. The number of rotatable bonds is 4. The van der Waals surface area contributed by atoms with Gasteiger partial charge in [-0.1, -0.05) is 19.9 Å². The van der Waals surface area contributed by atoms with E-state index < -0.39 is 0 Å². The Balaban J connectivity index is 3.81. The minimum absolute atomic E-state index is 0.0370. The molecule has 0 spiro atoms. The molecule has 0 heterocycles. The summed E-state index contributed by atoms with van der Waals surface area (Å²) in [6.07, 6.45) is 2.25. The van der Waals surface area contributed by atoms with Crippen molar-refractivity contribution in [2.45, 2.75) is 26.3 Å². The standard InChI is InChI=1S/C8H15NO/c1-4-5-7(9)8(10)6(2)3/h4,6-7H,1,5,9H2,2-3H3/t7-/m0/s1. The van der Waals surface area contributed by atoms with Gasteiger partial charge in [0, 0.05) is 5.92 Å². The molecule has 0 aromatic carbocycles. The zero-order valence-electron chi connectivity index (χ0n) is 6.63.